The van der Waals surface area contributed by atoms with Gasteiger partial charge in [0.05, 0.1) is 0 Å². The number of amides is 1. The highest BCUT2D eigenvalue weighted by Gasteiger charge is 2.15. The van der Waals surface area contributed by atoms with Crippen molar-refractivity contribution in [1.29, 1.82) is 0 Å². The maximum absolute atomic E-state index is 12.1. The van der Waals surface area contributed by atoms with Crippen LogP contribution in [0, 0.1) is 0 Å². The zero-order valence-corrected chi connectivity index (χ0v) is 13.4. The molecule has 0 bridgehead atoms. The van der Waals surface area contributed by atoms with Crippen molar-refractivity contribution >= 4 is 35.0 Å². The summed E-state index contributed by atoms with van der Waals surface area (Å²) in [5.74, 6) is 0.420. The minimum absolute atomic E-state index is 0.191. The highest BCUT2D eigenvalue weighted by atomic mass is 35.5. The van der Waals surface area contributed by atoms with Crippen molar-refractivity contribution in [3.63, 3.8) is 0 Å². The Morgan fingerprint density at radius 3 is 2.62 bits per heavy atom. The molecule has 2 rings (SSSR count). The lowest BCUT2D eigenvalue weighted by atomic mass is 10.3. The van der Waals surface area contributed by atoms with E-state index < -0.39 is 6.10 Å². The molecule has 0 heterocycles. The Hall–Kier alpha value is -1.65. The molecular formula is C16H16ClNO2S. The zero-order valence-electron chi connectivity index (χ0n) is 11.8. The number of benzene rings is 2. The van der Waals surface area contributed by atoms with Crippen LogP contribution >= 0.6 is 23.4 Å². The number of hydrogen-bond acceptors (Lipinski definition) is 3. The average molecular weight is 322 g/mol. The van der Waals surface area contributed by atoms with Gasteiger partial charge in [0.2, 0.25) is 0 Å². The van der Waals surface area contributed by atoms with Gasteiger partial charge in [-0.2, -0.15) is 0 Å². The molecule has 0 aliphatic carbocycles. The molecule has 3 nitrogen and oxygen atoms in total. The second kappa shape index (κ2) is 7.38. The lowest BCUT2D eigenvalue weighted by Gasteiger charge is -2.15. The first-order chi connectivity index (χ1) is 10.1. The summed E-state index contributed by atoms with van der Waals surface area (Å²) in [7, 11) is 0. The summed E-state index contributed by atoms with van der Waals surface area (Å²) in [6.07, 6.45) is 1.40. The topological polar surface area (TPSA) is 38.3 Å². The number of ether oxygens (including phenoxy) is 1. The van der Waals surface area contributed by atoms with E-state index in [1.165, 1.54) is 0 Å². The van der Waals surface area contributed by atoms with Crippen LogP contribution in [-0.4, -0.2) is 18.3 Å². The molecule has 0 aliphatic heterocycles. The van der Waals surface area contributed by atoms with E-state index in [1.807, 2.05) is 30.5 Å². The van der Waals surface area contributed by atoms with Crippen LogP contribution in [0.1, 0.15) is 6.92 Å². The molecular weight excluding hydrogens is 306 g/mol. The lowest BCUT2D eigenvalue weighted by Crippen LogP contribution is -2.30. The Labute approximate surface area is 133 Å². The van der Waals surface area contributed by atoms with E-state index in [2.05, 4.69) is 5.32 Å². The molecule has 0 spiro atoms. The Morgan fingerprint density at radius 1 is 1.24 bits per heavy atom. The van der Waals surface area contributed by atoms with Crippen LogP contribution in [-0.2, 0) is 4.79 Å². The SMILES string of the molecule is CSc1cccc(NC(=O)[C@H](C)Oc2ccc(Cl)cc2)c1. The molecule has 0 radical (unpaired) electrons. The first kappa shape index (κ1) is 15.7. The number of carbonyl (C=O) groups excluding carboxylic acids is 1. The predicted molar refractivity (Wildman–Crippen MR) is 88.4 cm³/mol. The van der Waals surface area contributed by atoms with Gasteiger partial charge in [-0.05, 0) is 55.6 Å². The van der Waals surface area contributed by atoms with E-state index in [-0.39, 0.29) is 5.91 Å². The maximum Gasteiger partial charge on any atom is 0.265 e. The number of anilines is 1. The Morgan fingerprint density at radius 2 is 1.95 bits per heavy atom. The third-order valence-corrected chi connectivity index (χ3v) is 3.81. The van der Waals surface area contributed by atoms with Crippen molar-refractivity contribution in [3.05, 3.63) is 53.6 Å². The van der Waals surface area contributed by atoms with Gasteiger partial charge in [0.25, 0.3) is 5.91 Å². The van der Waals surface area contributed by atoms with E-state index >= 15 is 0 Å². The van der Waals surface area contributed by atoms with Crippen LogP contribution in [0.5, 0.6) is 5.75 Å². The van der Waals surface area contributed by atoms with Gasteiger partial charge in [-0.15, -0.1) is 11.8 Å². The molecule has 0 unspecified atom stereocenters. The van der Waals surface area contributed by atoms with Gasteiger partial charge in [0.15, 0.2) is 6.10 Å². The van der Waals surface area contributed by atoms with Crippen LogP contribution in [0.3, 0.4) is 0 Å². The van der Waals surface area contributed by atoms with Crippen LogP contribution in [0.25, 0.3) is 0 Å². The van der Waals surface area contributed by atoms with Gasteiger partial charge in [-0.1, -0.05) is 17.7 Å². The second-order valence-corrected chi connectivity index (χ2v) is 5.75. The summed E-state index contributed by atoms with van der Waals surface area (Å²) < 4.78 is 5.58. The van der Waals surface area contributed by atoms with Gasteiger partial charge in [-0.25, -0.2) is 0 Å². The fourth-order valence-electron chi connectivity index (χ4n) is 1.72. The highest BCUT2D eigenvalue weighted by Crippen LogP contribution is 2.20. The average Bonchev–Trinajstić information content (AvgIpc) is 2.49. The summed E-state index contributed by atoms with van der Waals surface area (Å²) in [5.41, 5.74) is 0.762. The van der Waals surface area contributed by atoms with E-state index in [4.69, 9.17) is 16.3 Å². The number of nitrogens with one attached hydrogen (secondary N) is 1. The van der Waals surface area contributed by atoms with Crippen molar-refractivity contribution in [2.24, 2.45) is 0 Å². The van der Waals surface area contributed by atoms with Gasteiger partial charge >= 0.3 is 0 Å². The van der Waals surface area contributed by atoms with Crippen molar-refractivity contribution in [3.8, 4) is 5.75 Å². The maximum atomic E-state index is 12.1. The third kappa shape index (κ3) is 4.69. The lowest BCUT2D eigenvalue weighted by molar-refractivity contribution is -0.122. The van der Waals surface area contributed by atoms with Crippen LogP contribution in [0.4, 0.5) is 5.69 Å². The summed E-state index contributed by atoms with van der Waals surface area (Å²) in [6.45, 7) is 1.71. The van der Waals surface area contributed by atoms with Crippen LogP contribution < -0.4 is 10.1 Å². The largest absolute Gasteiger partial charge is 0.481 e. The number of hydrogen-bond donors (Lipinski definition) is 1. The fourth-order valence-corrected chi connectivity index (χ4v) is 2.30. The molecule has 5 heteroatoms. The van der Waals surface area contributed by atoms with E-state index in [0.29, 0.717) is 10.8 Å². The monoisotopic (exact) mass is 321 g/mol. The number of carbonyl (C=O) groups is 1. The molecule has 1 atom stereocenters. The summed E-state index contributed by atoms with van der Waals surface area (Å²) in [4.78, 5) is 13.2. The van der Waals surface area contributed by atoms with Crippen molar-refractivity contribution < 1.29 is 9.53 Å². The first-order valence-corrected chi connectivity index (χ1v) is 8.06. The predicted octanol–water partition coefficient (Wildman–Crippen LogP) is 4.47. The molecule has 0 saturated heterocycles. The summed E-state index contributed by atoms with van der Waals surface area (Å²) >= 11 is 7.44. The van der Waals surface area contributed by atoms with Gasteiger partial charge in [-0.3, -0.25) is 4.79 Å². The molecule has 0 aromatic heterocycles. The molecule has 1 N–H and O–H groups in total. The summed E-state index contributed by atoms with van der Waals surface area (Å²) in [5, 5.41) is 3.48. The van der Waals surface area contributed by atoms with E-state index in [0.717, 1.165) is 10.6 Å². The number of rotatable bonds is 5. The summed E-state index contributed by atoms with van der Waals surface area (Å²) in [6, 6.07) is 14.6. The zero-order chi connectivity index (χ0) is 15.2. The van der Waals surface area contributed by atoms with Crippen molar-refractivity contribution in [1.82, 2.24) is 0 Å². The molecule has 21 heavy (non-hydrogen) atoms. The molecule has 110 valence electrons. The molecule has 2 aromatic carbocycles. The number of halogens is 1. The quantitative estimate of drug-likeness (QED) is 0.826. The molecule has 0 saturated carbocycles. The van der Waals surface area contributed by atoms with E-state index in [1.54, 1.807) is 43.0 Å². The molecule has 2 aromatic rings. The fraction of sp³-hybridized carbons (Fsp3) is 0.188. The van der Waals surface area contributed by atoms with Gasteiger partial charge in [0, 0.05) is 15.6 Å². The highest BCUT2D eigenvalue weighted by molar-refractivity contribution is 7.98. The van der Waals surface area contributed by atoms with E-state index in [9.17, 15) is 4.79 Å². The minimum atomic E-state index is -0.593. The van der Waals surface area contributed by atoms with Crippen LogP contribution in [0.2, 0.25) is 5.02 Å². The van der Waals surface area contributed by atoms with Crippen LogP contribution in [0.15, 0.2) is 53.4 Å². The minimum Gasteiger partial charge on any atom is -0.481 e. The third-order valence-electron chi connectivity index (χ3n) is 2.83. The Kier molecular flexibility index (Phi) is 5.53. The molecule has 0 fully saturated rings. The second-order valence-electron chi connectivity index (χ2n) is 4.44. The van der Waals surface area contributed by atoms with Crippen molar-refractivity contribution in [2.75, 3.05) is 11.6 Å². The molecule has 0 aliphatic rings. The molecule has 1 amide bonds. The smallest absolute Gasteiger partial charge is 0.265 e. The number of thioether (sulfide) groups is 1. The Balaban J connectivity index is 1.97. The Bertz CT molecular complexity index is 616. The first-order valence-electron chi connectivity index (χ1n) is 6.45. The standard InChI is InChI=1S/C16H16ClNO2S/c1-11(20-14-8-6-12(17)7-9-14)16(19)18-13-4-3-5-15(10-13)21-2/h3-11H,1-2H3,(H,18,19)/t11-/m0/s1. The van der Waals surface area contributed by atoms with Gasteiger partial charge < -0.3 is 10.1 Å². The van der Waals surface area contributed by atoms with Gasteiger partial charge in [0.1, 0.15) is 5.75 Å². The normalized spacial score (nSPS) is 11.8. The van der Waals surface area contributed by atoms with Crippen molar-refractivity contribution in [2.45, 2.75) is 17.9 Å².